The van der Waals surface area contributed by atoms with E-state index in [1.165, 1.54) is 25.7 Å². The van der Waals surface area contributed by atoms with Gasteiger partial charge in [-0.1, -0.05) is 25.7 Å². The van der Waals surface area contributed by atoms with Gasteiger partial charge in [-0.3, -0.25) is 0 Å². The van der Waals surface area contributed by atoms with E-state index in [1.807, 2.05) is 0 Å². The van der Waals surface area contributed by atoms with Crippen LogP contribution in [0.5, 0.6) is 5.75 Å². The van der Waals surface area contributed by atoms with E-state index in [1.54, 1.807) is 0 Å². The minimum atomic E-state index is -3.23. The minimum absolute atomic E-state index is 0.115. The van der Waals surface area contributed by atoms with Gasteiger partial charge in [0.1, 0.15) is 0 Å². The molecular weight excluding hydrogens is 296 g/mol. The van der Waals surface area contributed by atoms with Crippen LogP contribution >= 0.6 is 0 Å². The number of benzene rings is 1. The number of hydrogen-bond acceptors (Lipinski definition) is 1. The van der Waals surface area contributed by atoms with Crippen LogP contribution in [0.1, 0.15) is 56.4 Å². The molecule has 3 unspecified atom stereocenters. The summed E-state index contributed by atoms with van der Waals surface area (Å²) in [6.07, 6.45) is 7.92. The van der Waals surface area contributed by atoms with E-state index >= 15 is 0 Å². The maximum atomic E-state index is 13.9. The molecule has 0 bridgehead atoms. The number of rotatable bonds is 3. The molecule has 2 aliphatic rings. The van der Waals surface area contributed by atoms with Gasteiger partial charge >= 0.3 is 6.61 Å². The monoisotopic (exact) mass is 316 g/mol. The number of fused-ring (bicyclic) bond motifs is 1. The third-order valence-corrected chi connectivity index (χ3v) is 5.24. The summed E-state index contributed by atoms with van der Waals surface area (Å²) < 4.78 is 56.0. The predicted octanol–water partition coefficient (Wildman–Crippen LogP) is 5.64. The molecule has 1 aromatic carbocycles. The summed E-state index contributed by atoms with van der Waals surface area (Å²) in [4.78, 5) is 0. The first kappa shape index (κ1) is 15.6. The second kappa shape index (κ2) is 6.47. The maximum absolute atomic E-state index is 13.9. The Bertz CT molecular complexity index is 508. The van der Waals surface area contributed by atoms with Crippen molar-refractivity contribution in [3.8, 4) is 5.75 Å². The zero-order chi connectivity index (χ0) is 15.7. The number of hydrogen-bond donors (Lipinski definition) is 0. The molecule has 0 aliphatic heterocycles. The summed E-state index contributed by atoms with van der Waals surface area (Å²) in [6.45, 7) is -3.23. The first-order chi connectivity index (χ1) is 10.5. The molecule has 0 saturated heterocycles. The smallest absolute Gasteiger partial charge is 0.387 e. The lowest BCUT2D eigenvalue weighted by atomic mass is 9.66. The van der Waals surface area contributed by atoms with Crippen LogP contribution in [0.25, 0.3) is 0 Å². The molecule has 0 N–H and O–H groups in total. The van der Waals surface area contributed by atoms with Crippen molar-refractivity contribution in [2.75, 3.05) is 0 Å². The zero-order valence-electron chi connectivity index (χ0n) is 12.3. The lowest BCUT2D eigenvalue weighted by molar-refractivity contribution is -0.0546. The first-order valence-electron chi connectivity index (χ1n) is 7.98. The van der Waals surface area contributed by atoms with E-state index in [0.717, 1.165) is 37.3 Å². The van der Waals surface area contributed by atoms with E-state index in [9.17, 15) is 17.6 Å². The van der Waals surface area contributed by atoms with Gasteiger partial charge in [0.25, 0.3) is 0 Å². The molecule has 2 saturated carbocycles. The summed E-state index contributed by atoms with van der Waals surface area (Å²) in [5.74, 6) is -1.56. The largest absolute Gasteiger partial charge is 0.429 e. The Labute approximate surface area is 127 Å². The van der Waals surface area contributed by atoms with Crippen LogP contribution in [0.4, 0.5) is 17.6 Å². The molecule has 1 nitrogen and oxygen atoms in total. The number of ether oxygens (including phenoxy) is 1. The van der Waals surface area contributed by atoms with E-state index < -0.39 is 24.0 Å². The van der Waals surface area contributed by atoms with Gasteiger partial charge in [0.05, 0.1) is 0 Å². The summed E-state index contributed by atoms with van der Waals surface area (Å²) in [5, 5.41) is 0. The molecule has 3 atom stereocenters. The fourth-order valence-corrected chi connectivity index (χ4v) is 4.19. The van der Waals surface area contributed by atoms with Crippen molar-refractivity contribution in [2.24, 2.45) is 11.8 Å². The molecule has 0 heterocycles. The Morgan fingerprint density at radius 2 is 1.55 bits per heavy atom. The normalized spacial score (nSPS) is 28.5. The predicted molar refractivity (Wildman–Crippen MR) is 75.0 cm³/mol. The van der Waals surface area contributed by atoms with Crippen molar-refractivity contribution in [3.05, 3.63) is 29.3 Å². The van der Waals surface area contributed by atoms with Crippen molar-refractivity contribution in [1.82, 2.24) is 0 Å². The van der Waals surface area contributed by atoms with Gasteiger partial charge < -0.3 is 4.74 Å². The highest BCUT2D eigenvalue weighted by atomic mass is 19.3. The Kier molecular flexibility index (Phi) is 4.59. The van der Waals surface area contributed by atoms with E-state index in [2.05, 4.69) is 4.74 Å². The molecule has 0 radical (unpaired) electrons. The van der Waals surface area contributed by atoms with Crippen LogP contribution in [0.3, 0.4) is 0 Å². The fourth-order valence-electron chi connectivity index (χ4n) is 4.19. The molecule has 2 fully saturated rings. The minimum Gasteiger partial charge on any atom is -0.429 e. The number of alkyl halides is 2. The van der Waals surface area contributed by atoms with Crippen molar-refractivity contribution < 1.29 is 22.3 Å². The lowest BCUT2D eigenvalue weighted by Gasteiger charge is -2.39. The average molecular weight is 316 g/mol. The molecule has 1 aromatic rings. The van der Waals surface area contributed by atoms with E-state index in [4.69, 9.17) is 0 Å². The highest BCUT2D eigenvalue weighted by Gasteiger charge is 2.33. The Balaban J connectivity index is 1.77. The topological polar surface area (TPSA) is 9.23 Å². The Morgan fingerprint density at radius 3 is 2.18 bits per heavy atom. The van der Waals surface area contributed by atoms with Gasteiger partial charge in [-0.25, -0.2) is 8.78 Å². The van der Waals surface area contributed by atoms with Gasteiger partial charge in [-0.2, -0.15) is 8.78 Å². The Morgan fingerprint density at radius 1 is 0.909 bits per heavy atom. The van der Waals surface area contributed by atoms with Crippen molar-refractivity contribution in [3.63, 3.8) is 0 Å². The van der Waals surface area contributed by atoms with Crippen LogP contribution in [0, 0.1) is 23.5 Å². The average Bonchev–Trinajstić information content (AvgIpc) is 2.50. The Hall–Kier alpha value is -1.26. The summed E-state index contributed by atoms with van der Waals surface area (Å²) in [5.41, 5.74) is 0.570. The lowest BCUT2D eigenvalue weighted by Crippen LogP contribution is -2.27. The van der Waals surface area contributed by atoms with Crippen LogP contribution in [-0.2, 0) is 0 Å². The molecular formula is C17H20F4O. The fraction of sp³-hybridized carbons (Fsp3) is 0.647. The third-order valence-electron chi connectivity index (χ3n) is 5.24. The van der Waals surface area contributed by atoms with Crippen LogP contribution in [0.15, 0.2) is 12.1 Å². The quantitative estimate of drug-likeness (QED) is 0.656. The third kappa shape index (κ3) is 3.23. The highest BCUT2D eigenvalue weighted by molar-refractivity contribution is 5.33. The van der Waals surface area contributed by atoms with E-state index in [-0.39, 0.29) is 5.92 Å². The SMILES string of the molecule is Fc1cc(C2CCC3CCCCC3C2)cc(F)c1OC(F)F. The van der Waals surface area contributed by atoms with Crippen LogP contribution in [-0.4, -0.2) is 6.61 Å². The summed E-state index contributed by atoms with van der Waals surface area (Å²) in [6, 6.07) is 2.32. The second-order valence-electron chi connectivity index (χ2n) is 6.51. The number of halogens is 4. The van der Waals surface area contributed by atoms with Crippen LogP contribution in [0.2, 0.25) is 0 Å². The van der Waals surface area contributed by atoms with Gasteiger partial charge in [0.15, 0.2) is 17.4 Å². The molecule has 0 spiro atoms. The maximum Gasteiger partial charge on any atom is 0.387 e. The standard InChI is InChI=1S/C17H20F4O/c18-14-8-13(9-15(19)16(14)22-17(20)21)12-6-5-10-3-1-2-4-11(10)7-12/h8-12,17H,1-7H2. The van der Waals surface area contributed by atoms with Crippen molar-refractivity contribution >= 4 is 0 Å². The van der Waals surface area contributed by atoms with Crippen molar-refractivity contribution in [1.29, 1.82) is 0 Å². The van der Waals surface area contributed by atoms with Crippen LogP contribution < -0.4 is 4.74 Å². The summed E-state index contributed by atoms with van der Waals surface area (Å²) in [7, 11) is 0. The van der Waals surface area contributed by atoms with Gasteiger partial charge in [-0.15, -0.1) is 0 Å². The molecule has 0 amide bonds. The molecule has 3 rings (SSSR count). The van der Waals surface area contributed by atoms with Gasteiger partial charge in [0.2, 0.25) is 0 Å². The second-order valence-corrected chi connectivity index (χ2v) is 6.51. The first-order valence-corrected chi connectivity index (χ1v) is 7.98. The molecule has 0 aromatic heterocycles. The highest BCUT2D eigenvalue weighted by Crippen LogP contribution is 2.46. The van der Waals surface area contributed by atoms with Crippen molar-refractivity contribution in [2.45, 2.75) is 57.5 Å². The molecule has 5 heteroatoms. The molecule has 122 valence electrons. The van der Waals surface area contributed by atoms with Gasteiger partial charge in [-0.05, 0) is 54.7 Å². The molecule has 2 aliphatic carbocycles. The molecule has 22 heavy (non-hydrogen) atoms. The van der Waals surface area contributed by atoms with Gasteiger partial charge in [0, 0.05) is 0 Å². The summed E-state index contributed by atoms with van der Waals surface area (Å²) >= 11 is 0. The van der Waals surface area contributed by atoms with E-state index in [0.29, 0.717) is 11.5 Å². The zero-order valence-corrected chi connectivity index (χ0v) is 12.3.